The first-order valence-corrected chi connectivity index (χ1v) is 7.94. The van der Waals surface area contributed by atoms with Crippen molar-refractivity contribution in [3.8, 4) is 5.82 Å². The van der Waals surface area contributed by atoms with Crippen molar-refractivity contribution in [3.63, 3.8) is 0 Å². The summed E-state index contributed by atoms with van der Waals surface area (Å²) in [5, 5.41) is 7.27. The molecule has 3 rings (SSSR count). The number of aryl methyl sites for hydroxylation is 4. The summed E-state index contributed by atoms with van der Waals surface area (Å²) in [5.74, 6) is 0.589. The monoisotopic (exact) mass is 323 g/mol. The Morgan fingerprint density at radius 1 is 1.17 bits per heavy atom. The van der Waals surface area contributed by atoms with E-state index in [0.29, 0.717) is 5.56 Å². The number of carbonyl (C=O) groups is 1. The number of carbonyl (C=O) groups excluding carboxylic acids is 1. The molecule has 0 saturated carbocycles. The van der Waals surface area contributed by atoms with E-state index in [1.54, 1.807) is 23.3 Å². The fourth-order valence-electron chi connectivity index (χ4n) is 2.88. The number of anilines is 1. The molecule has 1 N–H and O–H groups in total. The van der Waals surface area contributed by atoms with Crippen molar-refractivity contribution in [1.82, 2.24) is 19.3 Å². The van der Waals surface area contributed by atoms with Crippen LogP contribution < -0.4 is 5.32 Å². The van der Waals surface area contributed by atoms with Crippen molar-refractivity contribution in [2.75, 3.05) is 5.32 Å². The number of nitrogens with one attached hydrogen (secondary N) is 1. The van der Waals surface area contributed by atoms with E-state index in [4.69, 9.17) is 0 Å². The van der Waals surface area contributed by atoms with Gasteiger partial charge in [0.2, 0.25) is 0 Å². The van der Waals surface area contributed by atoms with Gasteiger partial charge in [0.15, 0.2) is 0 Å². The molecule has 0 aliphatic carbocycles. The van der Waals surface area contributed by atoms with E-state index in [9.17, 15) is 4.79 Å². The summed E-state index contributed by atoms with van der Waals surface area (Å²) < 4.78 is 3.76. The molecule has 0 radical (unpaired) electrons. The lowest BCUT2D eigenvalue weighted by Crippen LogP contribution is -2.17. The molecule has 0 atom stereocenters. The van der Waals surface area contributed by atoms with Crippen LogP contribution in [0.2, 0.25) is 0 Å². The largest absolute Gasteiger partial charge is 0.321 e. The molecule has 24 heavy (non-hydrogen) atoms. The molecular weight excluding hydrogens is 302 g/mol. The third-order valence-electron chi connectivity index (χ3n) is 4.17. The van der Waals surface area contributed by atoms with Crippen molar-refractivity contribution in [1.29, 1.82) is 0 Å². The Hall–Kier alpha value is -2.89. The molecule has 3 aromatic rings. The summed E-state index contributed by atoms with van der Waals surface area (Å²) in [6.45, 7) is 6.06. The zero-order valence-electron chi connectivity index (χ0n) is 14.4. The van der Waals surface area contributed by atoms with Gasteiger partial charge in [0.25, 0.3) is 5.91 Å². The maximum atomic E-state index is 12.8. The van der Waals surface area contributed by atoms with E-state index in [1.807, 2.05) is 50.6 Å². The molecule has 0 bridgehead atoms. The zero-order chi connectivity index (χ0) is 17.3. The van der Waals surface area contributed by atoms with Crippen molar-refractivity contribution >= 4 is 11.6 Å². The molecule has 0 aliphatic heterocycles. The predicted molar refractivity (Wildman–Crippen MR) is 93.6 cm³/mol. The van der Waals surface area contributed by atoms with E-state index in [1.165, 1.54) is 0 Å². The standard InChI is InChI=1S/C18H21N5O/c1-5-14-10-19-9-8-16(14)21-17(24)15-11-20-22(4)18(15)23-12(2)6-7-13(23)3/h6-11H,5H2,1-4H3,(H,19,21,24). The topological polar surface area (TPSA) is 64.7 Å². The van der Waals surface area contributed by atoms with Crippen LogP contribution in [0.15, 0.2) is 36.8 Å². The third kappa shape index (κ3) is 2.71. The van der Waals surface area contributed by atoms with Crippen LogP contribution in [0.25, 0.3) is 5.82 Å². The molecule has 6 heteroatoms. The van der Waals surface area contributed by atoms with Crippen molar-refractivity contribution in [2.45, 2.75) is 27.2 Å². The number of rotatable bonds is 4. The minimum absolute atomic E-state index is 0.175. The molecule has 124 valence electrons. The highest BCUT2D eigenvalue weighted by Crippen LogP contribution is 2.22. The van der Waals surface area contributed by atoms with Gasteiger partial charge in [-0.25, -0.2) is 0 Å². The van der Waals surface area contributed by atoms with E-state index in [-0.39, 0.29) is 5.91 Å². The van der Waals surface area contributed by atoms with Gasteiger partial charge in [0, 0.05) is 36.5 Å². The smallest absolute Gasteiger partial charge is 0.261 e. The normalized spacial score (nSPS) is 10.8. The van der Waals surface area contributed by atoms with Gasteiger partial charge in [-0.3, -0.25) is 14.5 Å². The lowest BCUT2D eigenvalue weighted by Gasteiger charge is -2.13. The molecule has 0 spiro atoms. The minimum Gasteiger partial charge on any atom is -0.321 e. The van der Waals surface area contributed by atoms with Crippen LogP contribution in [-0.2, 0) is 13.5 Å². The van der Waals surface area contributed by atoms with Crippen LogP contribution in [0.1, 0.15) is 34.2 Å². The van der Waals surface area contributed by atoms with Crippen LogP contribution in [0.5, 0.6) is 0 Å². The number of amides is 1. The van der Waals surface area contributed by atoms with Gasteiger partial charge in [0.05, 0.1) is 6.20 Å². The van der Waals surface area contributed by atoms with Crippen molar-refractivity contribution in [2.24, 2.45) is 7.05 Å². The highest BCUT2D eigenvalue weighted by Gasteiger charge is 2.20. The quantitative estimate of drug-likeness (QED) is 0.802. The summed E-state index contributed by atoms with van der Waals surface area (Å²) in [6, 6.07) is 5.88. The third-order valence-corrected chi connectivity index (χ3v) is 4.17. The van der Waals surface area contributed by atoms with E-state index in [2.05, 4.69) is 15.4 Å². The summed E-state index contributed by atoms with van der Waals surface area (Å²) in [6.07, 6.45) is 5.87. The molecule has 6 nitrogen and oxygen atoms in total. The van der Waals surface area contributed by atoms with E-state index < -0.39 is 0 Å². The molecule has 1 amide bonds. The van der Waals surface area contributed by atoms with Crippen LogP contribution >= 0.6 is 0 Å². The summed E-state index contributed by atoms with van der Waals surface area (Å²) in [4.78, 5) is 16.9. The Morgan fingerprint density at radius 3 is 2.54 bits per heavy atom. The zero-order valence-corrected chi connectivity index (χ0v) is 14.4. The van der Waals surface area contributed by atoms with Gasteiger partial charge in [-0.1, -0.05) is 6.92 Å². The fourth-order valence-corrected chi connectivity index (χ4v) is 2.88. The number of nitrogens with zero attached hydrogens (tertiary/aromatic N) is 4. The predicted octanol–water partition coefficient (Wildman–Crippen LogP) is 3.04. The first kappa shape index (κ1) is 16.0. The maximum absolute atomic E-state index is 12.8. The second-order valence-electron chi connectivity index (χ2n) is 5.80. The molecule has 0 aliphatic rings. The molecule has 3 aromatic heterocycles. The Morgan fingerprint density at radius 2 is 1.88 bits per heavy atom. The van der Waals surface area contributed by atoms with Crippen molar-refractivity contribution in [3.05, 3.63) is 59.3 Å². The second kappa shape index (κ2) is 6.31. The minimum atomic E-state index is -0.175. The van der Waals surface area contributed by atoms with Crippen molar-refractivity contribution < 1.29 is 4.79 Å². The Balaban J connectivity index is 2.01. The average molecular weight is 323 g/mol. The van der Waals surface area contributed by atoms with Gasteiger partial charge in [-0.15, -0.1) is 0 Å². The SMILES string of the molecule is CCc1cnccc1NC(=O)c1cnn(C)c1-n1c(C)ccc1C. The summed E-state index contributed by atoms with van der Waals surface area (Å²) in [7, 11) is 1.84. The highest BCUT2D eigenvalue weighted by molar-refractivity contribution is 6.06. The molecule has 0 saturated heterocycles. The second-order valence-corrected chi connectivity index (χ2v) is 5.80. The van der Waals surface area contributed by atoms with Gasteiger partial charge < -0.3 is 9.88 Å². The highest BCUT2D eigenvalue weighted by atomic mass is 16.1. The molecule has 3 heterocycles. The number of hydrogen-bond acceptors (Lipinski definition) is 3. The van der Waals surface area contributed by atoms with E-state index >= 15 is 0 Å². The molecule has 0 aromatic carbocycles. The Bertz CT molecular complexity index is 871. The van der Waals surface area contributed by atoms with Crippen LogP contribution in [0.3, 0.4) is 0 Å². The van der Waals surface area contributed by atoms with Gasteiger partial charge in [0.1, 0.15) is 11.4 Å². The molecular formula is C18H21N5O. The Labute approximate surface area is 141 Å². The molecule has 0 fully saturated rings. The number of pyridine rings is 1. The summed E-state index contributed by atoms with van der Waals surface area (Å²) >= 11 is 0. The Kier molecular flexibility index (Phi) is 4.20. The first-order valence-electron chi connectivity index (χ1n) is 7.94. The van der Waals surface area contributed by atoms with Crippen LogP contribution in [0.4, 0.5) is 5.69 Å². The number of hydrogen-bond donors (Lipinski definition) is 1. The van der Waals surface area contributed by atoms with Gasteiger partial charge >= 0.3 is 0 Å². The fraction of sp³-hybridized carbons (Fsp3) is 0.278. The van der Waals surface area contributed by atoms with Gasteiger partial charge in [-0.05, 0) is 44.0 Å². The van der Waals surface area contributed by atoms with Crippen LogP contribution in [0, 0.1) is 13.8 Å². The lowest BCUT2D eigenvalue weighted by atomic mass is 10.2. The number of aromatic nitrogens is 4. The van der Waals surface area contributed by atoms with Crippen LogP contribution in [-0.4, -0.2) is 25.2 Å². The maximum Gasteiger partial charge on any atom is 0.261 e. The molecule has 0 unspecified atom stereocenters. The lowest BCUT2D eigenvalue weighted by molar-refractivity contribution is 0.102. The summed E-state index contributed by atoms with van der Waals surface area (Å²) in [5.41, 5.74) is 4.45. The van der Waals surface area contributed by atoms with E-state index in [0.717, 1.165) is 34.9 Å². The average Bonchev–Trinajstić information content (AvgIpc) is 3.10. The first-order chi connectivity index (χ1) is 11.5. The van der Waals surface area contributed by atoms with Gasteiger partial charge in [-0.2, -0.15) is 5.10 Å².